The topological polar surface area (TPSA) is 63.5 Å². The van der Waals surface area contributed by atoms with E-state index in [4.69, 9.17) is 4.74 Å². The summed E-state index contributed by atoms with van der Waals surface area (Å²) < 4.78 is 7.86. The van der Waals surface area contributed by atoms with Crippen molar-refractivity contribution in [3.05, 3.63) is 18.6 Å². The predicted molar refractivity (Wildman–Crippen MR) is 72.5 cm³/mol. The number of nitrogens with zero attached hydrogens (tertiary/aromatic N) is 3. The molecule has 3 unspecified atom stereocenters. The molecule has 0 aromatic carbocycles. The van der Waals surface area contributed by atoms with Crippen LogP contribution in [0.2, 0.25) is 0 Å². The highest BCUT2D eigenvalue weighted by Gasteiger charge is 2.41. The molecule has 6 heteroatoms. The van der Waals surface area contributed by atoms with Gasteiger partial charge in [0.1, 0.15) is 5.82 Å². The third-order valence-electron chi connectivity index (χ3n) is 4.06. The average Bonchev–Trinajstić information content (AvgIpc) is 3.13. The van der Waals surface area contributed by atoms with E-state index < -0.39 is 0 Å². The average molecular weight is 259 g/mol. The van der Waals surface area contributed by atoms with Crippen molar-refractivity contribution in [2.75, 3.05) is 17.7 Å². The summed E-state index contributed by atoms with van der Waals surface area (Å²) in [6, 6.07) is 0.360. The van der Waals surface area contributed by atoms with Crippen LogP contribution in [0.25, 0.3) is 5.65 Å². The van der Waals surface area contributed by atoms with Crippen molar-refractivity contribution < 1.29 is 4.74 Å². The van der Waals surface area contributed by atoms with Gasteiger partial charge in [0, 0.05) is 19.4 Å². The highest BCUT2D eigenvalue weighted by molar-refractivity contribution is 5.65. The molecule has 2 N–H and O–H groups in total. The SMILES string of the molecule is CNc1cn2ccnc2c(NC2CC3CCC2O3)n1. The lowest BCUT2D eigenvalue weighted by Crippen LogP contribution is -2.31. The summed E-state index contributed by atoms with van der Waals surface area (Å²) in [5, 5.41) is 6.59. The zero-order valence-corrected chi connectivity index (χ0v) is 10.8. The van der Waals surface area contributed by atoms with Gasteiger partial charge >= 0.3 is 0 Å². The molecule has 4 heterocycles. The Labute approximate surface area is 111 Å². The molecular formula is C13H17N5O. The van der Waals surface area contributed by atoms with E-state index >= 15 is 0 Å². The van der Waals surface area contributed by atoms with Crippen molar-refractivity contribution in [2.24, 2.45) is 0 Å². The van der Waals surface area contributed by atoms with Gasteiger partial charge in [-0.2, -0.15) is 0 Å². The molecule has 0 aliphatic carbocycles. The Morgan fingerprint density at radius 3 is 3.11 bits per heavy atom. The number of nitrogens with one attached hydrogen (secondary N) is 2. The normalized spacial score (nSPS) is 29.0. The highest BCUT2D eigenvalue weighted by Crippen LogP contribution is 2.36. The van der Waals surface area contributed by atoms with Crippen LogP contribution >= 0.6 is 0 Å². The molecule has 2 aliphatic heterocycles. The van der Waals surface area contributed by atoms with Gasteiger partial charge < -0.3 is 19.8 Å². The van der Waals surface area contributed by atoms with Crippen LogP contribution in [0.5, 0.6) is 0 Å². The van der Waals surface area contributed by atoms with E-state index in [-0.39, 0.29) is 0 Å². The van der Waals surface area contributed by atoms with Gasteiger partial charge in [0.05, 0.1) is 24.4 Å². The second kappa shape index (κ2) is 4.09. The van der Waals surface area contributed by atoms with Crippen LogP contribution in [0.15, 0.2) is 18.6 Å². The smallest absolute Gasteiger partial charge is 0.180 e. The van der Waals surface area contributed by atoms with E-state index in [9.17, 15) is 0 Å². The summed E-state index contributed by atoms with van der Waals surface area (Å²) in [5.74, 6) is 1.66. The van der Waals surface area contributed by atoms with Gasteiger partial charge in [0.15, 0.2) is 11.5 Å². The first-order chi connectivity index (χ1) is 9.33. The second-order valence-electron chi connectivity index (χ2n) is 5.24. The van der Waals surface area contributed by atoms with Crippen LogP contribution in [0.4, 0.5) is 11.6 Å². The van der Waals surface area contributed by atoms with E-state index in [1.165, 1.54) is 6.42 Å². The highest BCUT2D eigenvalue weighted by atomic mass is 16.5. The molecule has 3 atom stereocenters. The van der Waals surface area contributed by atoms with Gasteiger partial charge in [0.25, 0.3) is 0 Å². The molecule has 2 bridgehead atoms. The Balaban J connectivity index is 1.68. The van der Waals surface area contributed by atoms with E-state index in [1.807, 2.05) is 23.8 Å². The first-order valence-corrected chi connectivity index (χ1v) is 6.77. The fourth-order valence-corrected chi connectivity index (χ4v) is 3.11. The minimum absolute atomic E-state index is 0.333. The van der Waals surface area contributed by atoms with Crippen LogP contribution in [0.3, 0.4) is 0 Å². The number of hydrogen-bond acceptors (Lipinski definition) is 5. The number of anilines is 2. The van der Waals surface area contributed by atoms with Crippen molar-refractivity contribution in [2.45, 2.75) is 37.5 Å². The third kappa shape index (κ3) is 1.74. The largest absolute Gasteiger partial charge is 0.373 e. The summed E-state index contributed by atoms with van der Waals surface area (Å²) in [4.78, 5) is 8.95. The zero-order chi connectivity index (χ0) is 12.8. The lowest BCUT2D eigenvalue weighted by Gasteiger charge is -2.21. The Kier molecular flexibility index (Phi) is 2.38. The van der Waals surface area contributed by atoms with Gasteiger partial charge in [0.2, 0.25) is 0 Å². The van der Waals surface area contributed by atoms with Crippen molar-refractivity contribution in [1.29, 1.82) is 0 Å². The van der Waals surface area contributed by atoms with E-state index in [1.54, 1.807) is 6.20 Å². The lowest BCUT2D eigenvalue weighted by molar-refractivity contribution is 0.102. The van der Waals surface area contributed by atoms with E-state index in [2.05, 4.69) is 20.6 Å². The Morgan fingerprint density at radius 2 is 2.37 bits per heavy atom. The fourth-order valence-electron chi connectivity index (χ4n) is 3.11. The minimum Gasteiger partial charge on any atom is -0.373 e. The molecule has 2 fully saturated rings. The maximum absolute atomic E-state index is 5.87. The number of fused-ring (bicyclic) bond motifs is 3. The summed E-state index contributed by atoms with van der Waals surface area (Å²) >= 11 is 0. The van der Waals surface area contributed by atoms with Crippen molar-refractivity contribution in [3.8, 4) is 0 Å². The minimum atomic E-state index is 0.333. The Hall–Kier alpha value is -1.82. The van der Waals surface area contributed by atoms with Crippen molar-refractivity contribution in [1.82, 2.24) is 14.4 Å². The molecule has 2 saturated heterocycles. The molecule has 100 valence electrons. The number of hydrogen-bond donors (Lipinski definition) is 2. The number of rotatable bonds is 3. The van der Waals surface area contributed by atoms with Gasteiger partial charge in [-0.15, -0.1) is 0 Å². The van der Waals surface area contributed by atoms with E-state index in [0.29, 0.717) is 18.2 Å². The molecular weight excluding hydrogens is 242 g/mol. The third-order valence-corrected chi connectivity index (χ3v) is 4.06. The van der Waals surface area contributed by atoms with Crippen molar-refractivity contribution in [3.63, 3.8) is 0 Å². The monoisotopic (exact) mass is 259 g/mol. The van der Waals surface area contributed by atoms with Gasteiger partial charge in [-0.05, 0) is 19.3 Å². The summed E-state index contributed by atoms with van der Waals surface area (Å²) in [6.07, 6.45) is 9.85. The Bertz CT molecular complexity index is 610. The predicted octanol–water partition coefficient (Wildman–Crippen LogP) is 1.50. The number of ether oxygens (including phenoxy) is 1. The fraction of sp³-hybridized carbons (Fsp3) is 0.538. The molecule has 2 aliphatic rings. The molecule has 0 amide bonds. The number of aromatic nitrogens is 3. The maximum atomic E-state index is 5.87. The van der Waals surface area contributed by atoms with Gasteiger partial charge in [-0.1, -0.05) is 0 Å². The summed E-state index contributed by atoms with van der Waals surface area (Å²) in [6.45, 7) is 0. The van der Waals surface area contributed by atoms with E-state index in [0.717, 1.165) is 30.1 Å². The summed E-state index contributed by atoms with van der Waals surface area (Å²) in [7, 11) is 1.87. The first kappa shape index (κ1) is 11.0. The molecule has 2 aromatic rings. The molecule has 0 saturated carbocycles. The Morgan fingerprint density at radius 1 is 1.42 bits per heavy atom. The maximum Gasteiger partial charge on any atom is 0.180 e. The zero-order valence-electron chi connectivity index (χ0n) is 10.8. The lowest BCUT2D eigenvalue weighted by atomic mass is 9.95. The van der Waals surface area contributed by atoms with Gasteiger partial charge in [-0.3, -0.25) is 0 Å². The molecule has 4 rings (SSSR count). The molecule has 19 heavy (non-hydrogen) atoms. The van der Waals surface area contributed by atoms with Crippen LogP contribution < -0.4 is 10.6 Å². The van der Waals surface area contributed by atoms with Crippen LogP contribution in [-0.4, -0.2) is 39.7 Å². The van der Waals surface area contributed by atoms with Crippen molar-refractivity contribution >= 4 is 17.3 Å². The van der Waals surface area contributed by atoms with Crippen LogP contribution in [0.1, 0.15) is 19.3 Å². The van der Waals surface area contributed by atoms with Gasteiger partial charge in [-0.25, -0.2) is 9.97 Å². The second-order valence-corrected chi connectivity index (χ2v) is 5.24. The standard InChI is InChI=1S/C13H17N5O/c1-14-11-7-18-5-4-15-13(18)12(17-11)16-9-6-8-2-3-10(9)19-8/h4-5,7-10,14H,2-3,6H2,1H3,(H,16,17). The molecule has 0 radical (unpaired) electrons. The van der Waals surface area contributed by atoms with Crippen LogP contribution in [0, 0.1) is 0 Å². The number of imidazole rings is 1. The molecule has 2 aromatic heterocycles. The first-order valence-electron chi connectivity index (χ1n) is 6.77. The summed E-state index contributed by atoms with van der Waals surface area (Å²) in [5.41, 5.74) is 0.863. The molecule has 6 nitrogen and oxygen atoms in total. The van der Waals surface area contributed by atoms with Crippen LogP contribution in [-0.2, 0) is 4.74 Å². The quantitative estimate of drug-likeness (QED) is 0.874. The molecule has 0 spiro atoms.